The molecule has 0 aliphatic rings. The van der Waals surface area contributed by atoms with Gasteiger partial charge < -0.3 is 14.3 Å². The molecule has 0 saturated carbocycles. The summed E-state index contributed by atoms with van der Waals surface area (Å²) in [6, 6.07) is 18.0. The van der Waals surface area contributed by atoms with E-state index in [-0.39, 0.29) is 5.56 Å². The summed E-state index contributed by atoms with van der Waals surface area (Å²) in [4.78, 5) is 31.7. The normalized spacial score (nSPS) is 12.0. The molecule has 0 aliphatic carbocycles. The lowest BCUT2D eigenvalue weighted by atomic mass is 10.2. The maximum absolute atomic E-state index is 12.4. The van der Waals surface area contributed by atoms with Crippen molar-refractivity contribution in [1.82, 2.24) is 14.5 Å². The van der Waals surface area contributed by atoms with Gasteiger partial charge in [-0.05, 0) is 55.5 Å². The first kappa shape index (κ1) is 16.8. The number of benzene rings is 2. The number of hydrogen-bond acceptors (Lipinski definition) is 4. The molecule has 0 saturated heterocycles. The molecular weight excluding hydrogens is 342 g/mol. The third-order valence-electron chi connectivity index (χ3n) is 4.31. The van der Waals surface area contributed by atoms with Gasteiger partial charge >= 0.3 is 5.97 Å². The van der Waals surface area contributed by atoms with E-state index in [1.807, 2.05) is 47.3 Å². The van der Waals surface area contributed by atoms with Crippen molar-refractivity contribution in [3.8, 4) is 5.69 Å². The number of rotatable bonds is 4. The molecule has 0 fully saturated rings. The van der Waals surface area contributed by atoms with Crippen LogP contribution in [0, 0.1) is 0 Å². The summed E-state index contributed by atoms with van der Waals surface area (Å²) in [5, 5.41) is 0.500. The van der Waals surface area contributed by atoms with Gasteiger partial charge in [0.15, 0.2) is 11.9 Å². The average Bonchev–Trinajstić information content (AvgIpc) is 3.23. The third-order valence-corrected chi connectivity index (χ3v) is 4.31. The number of fused-ring (bicyclic) bond motifs is 1. The van der Waals surface area contributed by atoms with Crippen molar-refractivity contribution < 1.29 is 9.53 Å². The summed E-state index contributed by atoms with van der Waals surface area (Å²) < 4.78 is 7.42. The van der Waals surface area contributed by atoms with Crippen LogP contribution >= 0.6 is 0 Å². The molecule has 1 N–H and O–H groups in total. The number of carbonyl (C=O) groups excluding carboxylic acids is 1. The van der Waals surface area contributed by atoms with Gasteiger partial charge in [0.25, 0.3) is 5.56 Å². The maximum atomic E-state index is 12.4. The number of ether oxygens (including phenoxy) is 1. The highest BCUT2D eigenvalue weighted by atomic mass is 16.5. The molecule has 2 aromatic heterocycles. The van der Waals surface area contributed by atoms with Crippen LogP contribution in [0.15, 0.2) is 77.9 Å². The Hall–Kier alpha value is -3.67. The van der Waals surface area contributed by atoms with Gasteiger partial charge in [0, 0.05) is 18.1 Å². The standard InChI is InChI=1S/C21H17N3O3/c1-14(19-22-18-7-3-2-6-17(18)20(25)23-19)27-21(26)15-8-10-16(11-9-15)24-12-4-5-13-24/h2-14H,1H3,(H,22,23,25)/t14-/m0/s1. The second-order valence-corrected chi connectivity index (χ2v) is 6.15. The fourth-order valence-corrected chi connectivity index (χ4v) is 2.86. The molecule has 134 valence electrons. The molecule has 27 heavy (non-hydrogen) atoms. The van der Waals surface area contributed by atoms with Gasteiger partial charge in [-0.3, -0.25) is 4.79 Å². The van der Waals surface area contributed by atoms with E-state index in [1.165, 1.54) is 0 Å². The first-order valence-corrected chi connectivity index (χ1v) is 8.55. The summed E-state index contributed by atoms with van der Waals surface area (Å²) in [5.74, 6) is -0.159. The zero-order valence-electron chi connectivity index (χ0n) is 14.6. The van der Waals surface area contributed by atoms with E-state index in [2.05, 4.69) is 9.97 Å². The summed E-state index contributed by atoms with van der Waals surface area (Å²) in [6.45, 7) is 1.68. The minimum atomic E-state index is -0.682. The number of H-pyrrole nitrogens is 1. The molecule has 6 nitrogen and oxygen atoms in total. The van der Waals surface area contributed by atoms with Gasteiger partial charge in [-0.15, -0.1) is 0 Å². The molecular formula is C21H17N3O3. The maximum Gasteiger partial charge on any atom is 0.338 e. The van der Waals surface area contributed by atoms with Crippen LogP contribution in [-0.2, 0) is 4.74 Å². The lowest BCUT2D eigenvalue weighted by molar-refractivity contribution is 0.0320. The van der Waals surface area contributed by atoms with Gasteiger partial charge in [0.2, 0.25) is 0 Å². The van der Waals surface area contributed by atoms with Crippen LogP contribution in [0.5, 0.6) is 0 Å². The highest BCUT2D eigenvalue weighted by Crippen LogP contribution is 2.17. The Morgan fingerprint density at radius 1 is 1.04 bits per heavy atom. The number of nitrogens with one attached hydrogen (secondary N) is 1. The van der Waals surface area contributed by atoms with E-state index in [9.17, 15) is 9.59 Å². The van der Waals surface area contributed by atoms with Crippen LogP contribution in [0.4, 0.5) is 0 Å². The highest BCUT2D eigenvalue weighted by molar-refractivity contribution is 5.89. The van der Waals surface area contributed by atoms with Gasteiger partial charge in [-0.1, -0.05) is 12.1 Å². The first-order chi connectivity index (χ1) is 13.1. The van der Waals surface area contributed by atoms with Gasteiger partial charge in [-0.25, -0.2) is 9.78 Å². The Kier molecular flexibility index (Phi) is 4.30. The van der Waals surface area contributed by atoms with Gasteiger partial charge in [-0.2, -0.15) is 0 Å². The Balaban J connectivity index is 1.53. The van der Waals surface area contributed by atoms with Crippen molar-refractivity contribution in [1.29, 1.82) is 0 Å². The van der Waals surface area contributed by atoms with E-state index in [0.29, 0.717) is 22.3 Å². The molecule has 0 bridgehead atoms. The largest absolute Gasteiger partial charge is 0.451 e. The number of aromatic amines is 1. The molecule has 2 heterocycles. The van der Waals surface area contributed by atoms with E-state index in [4.69, 9.17) is 4.74 Å². The molecule has 0 radical (unpaired) electrons. The van der Waals surface area contributed by atoms with Crippen LogP contribution < -0.4 is 5.56 Å². The molecule has 0 unspecified atom stereocenters. The topological polar surface area (TPSA) is 77.0 Å². The van der Waals surface area contributed by atoms with Crippen molar-refractivity contribution in [2.75, 3.05) is 0 Å². The van der Waals surface area contributed by atoms with Crippen LogP contribution in [0.2, 0.25) is 0 Å². The number of carbonyl (C=O) groups is 1. The molecule has 0 amide bonds. The molecule has 4 rings (SSSR count). The number of hydrogen-bond donors (Lipinski definition) is 1. The zero-order valence-corrected chi connectivity index (χ0v) is 14.6. The Morgan fingerprint density at radius 2 is 1.74 bits per heavy atom. The van der Waals surface area contributed by atoms with E-state index >= 15 is 0 Å². The predicted molar refractivity (Wildman–Crippen MR) is 102 cm³/mol. The second kappa shape index (κ2) is 6.92. The van der Waals surface area contributed by atoms with Crippen molar-refractivity contribution in [2.45, 2.75) is 13.0 Å². The van der Waals surface area contributed by atoms with E-state index in [0.717, 1.165) is 5.69 Å². The Morgan fingerprint density at radius 3 is 2.48 bits per heavy atom. The van der Waals surface area contributed by atoms with Crippen LogP contribution in [0.3, 0.4) is 0 Å². The SMILES string of the molecule is C[C@H](OC(=O)c1ccc(-n2cccc2)cc1)c1nc2ccccc2c(=O)[nH]1. The van der Waals surface area contributed by atoms with Crippen molar-refractivity contribution in [2.24, 2.45) is 0 Å². The molecule has 1 atom stereocenters. The Bertz CT molecular complexity index is 1150. The highest BCUT2D eigenvalue weighted by Gasteiger charge is 2.17. The second-order valence-electron chi connectivity index (χ2n) is 6.15. The summed E-state index contributed by atoms with van der Waals surface area (Å²) >= 11 is 0. The summed E-state index contributed by atoms with van der Waals surface area (Å²) in [5.41, 5.74) is 1.69. The zero-order chi connectivity index (χ0) is 18.8. The minimum absolute atomic E-state index is 0.255. The lowest BCUT2D eigenvalue weighted by Gasteiger charge is -2.13. The van der Waals surface area contributed by atoms with Crippen LogP contribution in [-0.4, -0.2) is 20.5 Å². The van der Waals surface area contributed by atoms with E-state index < -0.39 is 12.1 Å². The monoisotopic (exact) mass is 359 g/mol. The first-order valence-electron chi connectivity index (χ1n) is 8.55. The van der Waals surface area contributed by atoms with Crippen molar-refractivity contribution in [3.05, 3.63) is 94.8 Å². The molecule has 4 aromatic rings. The number of nitrogens with zero attached hydrogens (tertiary/aromatic N) is 2. The van der Waals surface area contributed by atoms with Crippen molar-refractivity contribution >= 4 is 16.9 Å². The summed E-state index contributed by atoms with van der Waals surface area (Å²) in [6.07, 6.45) is 3.17. The third kappa shape index (κ3) is 3.37. The van der Waals surface area contributed by atoms with Crippen LogP contribution in [0.25, 0.3) is 16.6 Å². The Labute approximate surface area is 155 Å². The fourth-order valence-electron chi connectivity index (χ4n) is 2.86. The minimum Gasteiger partial charge on any atom is -0.451 e. The molecule has 2 aromatic carbocycles. The fraction of sp³-hybridized carbons (Fsp3) is 0.0952. The van der Waals surface area contributed by atoms with Crippen LogP contribution in [0.1, 0.15) is 29.2 Å². The number of aromatic nitrogens is 3. The number of esters is 1. The smallest absolute Gasteiger partial charge is 0.338 e. The predicted octanol–water partition coefficient (Wildman–Crippen LogP) is 3.63. The van der Waals surface area contributed by atoms with Crippen molar-refractivity contribution in [3.63, 3.8) is 0 Å². The van der Waals surface area contributed by atoms with Gasteiger partial charge in [0.05, 0.1) is 16.5 Å². The molecule has 6 heteroatoms. The van der Waals surface area contributed by atoms with E-state index in [1.54, 1.807) is 37.3 Å². The number of para-hydroxylation sites is 1. The average molecular weight is 359 g/mol. The van der Waals surface area contributed by atoms with Gasteiger partial charge in [0.1, 0.15) is 0 Å². The lowest BCUT2D eigenvalue weighted by Crippen LogP contribution is -2.17. The molecule has 0 spiro atoms. The summed E-state index contributed by atoms with van der Waals surface area (Å²) in [7, 11) is 0. The quantitative estimate of drug-likeness (QED) is 0.565. The molecule has 0 aliphatic heterocycles.